The van der Waals surface area contributed by atoms with Gasteiger partial charge in [-0.05, 0) is 25.7 Å². The van der Waals surface area contributed by atoms with Gasteiger partial charge in [-0.25, -0.2) is 0 Å². The number of rotatable bonds is 14. The molecule has 0 fully saturated rings. The number of esters is 2. The topological polar surface area (TPSA) is 52.6 Å². The molecule has 4 nitrogen and oxygen atoms in total. The van der Waals surface area contributed by atoms with E-state index in [1.807, 2.05) is 6.92 Å². The Hall–Kier alpha value is -1.06. The molecule has 0 N–H and O–H groups in total. The van der Waals surface area contributed by atoms with Crippen LogP contribution in [0.1, 0.15) is 91.4 Å². The van der Waals surface area contributed by atoms with E-state index in [1.54, 1.807) is 0 Å². The first-order valence-corrected chi connectivity index (χ1v) is 8.99. The van der Waals surface area contributed by atoms with Crippen LogP contribution in [0.4, 0.5) is 0 Å². The zero-order valence-corrected chi connectivity index (χ0v) is 14.7. The average Bonchev–Trinajstić information content (AvgIpc) is 2.50. The fourth-order valence-corrected chi connectivity index (χ4v) is 2.25. The highest BCUT2D eigenvalue weighted by Gasteiger charge is 2.12. The Morgan fingerprint density at radius 2 is 1.50 bits per heavy atom. The van der Waals surface area contributed by atoms with Crippen molar-refractivity contribution in [3.8, 4) is 0 Å². The summed E-state index contributed by atoms with van der Waals surface area (Å²) in [7, 11) is 0. The second kappa shape index (κ2) is 14.9. The van der Waals surface area contributed by atoms with Gasteiger partial charge >= 0.3 is 11.9 Å². The van der Waals surface area contributed by atoms with Crippen LogP contribution in [-0.4, -0.2) is 24.6 Å². The first-order chi connectivity index (χ1) is 10.6. The Balaban J connectivity index is 3.56. The second-order valence-electron chi connectivity index (χ2n) is 5.80. The predicted octanol–water partition coefficient (Wildman–Crippen LogP) is 4.79. The number of hydrogen-bond acceptors (Lipinski definition) is 4. The molecule has 0 saturated carbocycles. The molecular formula is C18H34O4. The molecule has 1 atom stereocenters. The van der Waals surface area contributed by atoms with Gasteiger partial charge in [0, 0.05) is 12.8 Å². The Labute approximate surface area is 135 Å². The van der Waals surface area contributed by atoms with Crippen LogP contribution >= 0.6 is 0 Å². The summed E-state index contributed by atoms with van der Waals surface area (Å²) in [5.41, 5.74) is 0. The van der Waals surface area contributed by atoms with Crippen LogP contribution in [0.3, 0.4) is 0 Å². The van der Waals surface area contributed by atoms with Crippen molar-refractivity contribution in [3.05, 3.63) is 0 Å². The highest BCUT2D eigenvalue weighted by atomic mass is 16.5. The lowest BCUT2D eigenvalue weighted by atomic mass is 10.1. The van der Waals surface area contributed by atoms with E-state index < -0.39 is 0 Å². The molecule has 0 aliphatic rings. The fourth-order valence-electron chi connectivity index (χ4n) is 2.25. The quantitative estimate of drug-likeness (QED) is 0.341. The number of carbonyl (C=O) groups is 2. The molecule has 0 spiro atoms. The van der Waals surface area contributed by atoms with Gasteiger partial charge in [0.25, 0.3) is 0 Å². The van der Waals surface area contributed by atoms with Crippen LogP contribution in [0.2, 0.25) is 0 Å². The summed E-state index contributed by atoms with van der Waals surface area (Å²) in [5.74, 6) is -0.406. The van der Waals surface area contributed by atoms with Gasteiger partial charge in [0.2, 0.25) is 0 Å². The summed E-state index contributed by atoms with van der Waals surface area (Å²) in [6.07, 6.45) is 9.60. The monoisotopic (exact) mass is 314 g/mol. The first-order valence-electron chi connectivity index (χ1n) is 8.99. The van der Waals surface area contributed by atoms with Crippen molar-refractivity contribution >= 4 is 11.9 Å². The molecule has 0 heterocycles. The van der Waals surface area contributed by atoms with Crippen molar-refractivity contribution in [2.24, 2.45) is 0 Å². The molecule has 4 heteroatoms. The Morgan fingerprint density at radius 1 is 0.818 bits per heavy atom. The van der Waals surface area contributed by atoms with Crippen LogP contribution in [0, 0.1) is 0 Å². The average molecular weight is 314 g/mol. The maximum atomic E-state index is 11.7. The van der Waals surface area contributed by atoms with Crippen molar-refractivity contribution in [3.63, 3.8) is 0 Å². The standard InChI is InChI=1S/C18H34O4/c1-4-7-8-9-10-15-21-17(19)13-11-14-18(20)22-16(6-3)12-5-2/h16H,4-15H2,1-3H3. The Bertz CT molecular complexity index is 289. The van der Waals surface area contributed by atoms with E-state index in [9.17, 15) is 9.59 Å². The molecule has 0 aromatic rings. The third kappa shape index (κ3) is 12.7. The van der Waals surface area contributed by atoms with Crippen molar-refractivity contribution in [1.29, 1.82) is 0 Å². The van der Waals surface area contributed by atoms with E-state index in [-0.39, 0.29) is 18.0 Å². The predicted molar refractivity (Wildman–Crippen MR) is 88.6 cm³/mol. The molecule has 0 aliphatic heterocycles. The van der Waals surface area contributed by atoms with Crippen LogP contribution in [0.25, 0.3) is 0 Å². The number of ether oxygens (including phenoxy) is 2. The maximum Gasteiger partial charge on any atom is 0.306 e. The zero-order chi connectivity index (χ0) is 16.6. The van der Waals surface area contributed by atoms with E-state index >= 15 is 0 Å². The van der Waals surface area contributed by atoms with Crippen LogP contribution < -0.4 is 0 Å². The summed E-state index contributed by atoms with van der Waals surface area (Å²) < 4.78 is 10.5. The number of carbonyl (C=O) groups excluding carboxylic acids is 2. The molecule has 0 aliphatic carbocycles. The second-order valence-corrected chi connectivity index (χ2v) is 5.80. The lowest BCUT2D eigenvalue weighted by molar-refractivity contribution is -0.150. The largest absolute Gasteiger partial charge is 0.466 e. The van der Waals surface area contributed by atoms with Gasteiger partial charge < -0.3 is 9.47 Å². The molecule has 0 saturated heterocycles. The van der Waals surface area contributed by atoms with E-state index in [2.05, 4.69) is 13.8 Å². The molecule has 0 bridgehead atoms. The van der Waals surface area contributed by atoms with Gasteiger partial charge in [-0.1, -0.05) is 52.9 Å². The third-order valence-corrected chi connectivity index (χ3v) is 3.64. The zero-order valence-electron chi connectivity index (χ0n) is 14.7. The molecule has 0 rings (SSSR count). The lowest BCUT2D eigenvalue weighted by Crippen LogP contribution is -2.17. The minimum Gasteiger partial charge on any atom is -0.466 e. The first kappa shape index (κ1) is 20.9. The number of hydrogen-bond donors (Lipinski definition) is 0. The van der Waals surface area contributed by atoms with Gasteiger partial charge in [-0.3, -0.25) is 9.59 Å². The molecular weight excluding hydrogens is 280 g/mol. The summed E-state index contributed by atoms with van der Waals surface area (Å²) in [5, 5.41) is 0. The smallest absolute Gasteiger partial charge is 0.306 e. The van der Waals surface area contributed by atoms with Gasteiger partial charge in [0.15, 0.2) is 0 Å². The minimum atomic E-state index is -0.205. The van der Waals surface area contributed by atoms with Gasteiger partial charge in [-0.2, -0.15) is 0 Å². The highest BCUT2D eigenvalue weighted by Crippen LogP contribution is 2.09. The van der Waals surface area contributed by atoms with Crippen molar-refractivity contribution in [1.82, 2.24) is 0 Å². The molecule has 22 heavy (non-hydrogen) atoms. The summed E-state index contributed by atoms with van der Waals surface area (Å²) in [6, 6.07) is 0. The molecule has 130 valence electrons. The fraction of sp³-hybridized carbons (Fsp3) is 0.889. The van der Waals surface area contributed by atoms with Gasteiger partial charge in [0.1, 0.15) is 6.10 Å². The Morgan fingerprint density at radius 3 is 2.14 bits per heavy atom. The van der Waals surface area contributed by atoms with E-state index in [0.717, 1.165) is 32.1 Å². The summed E-state index contributed by atoms with van der Waals surface area (Å²) >= 11 is 0. The normalized spacial score (nSPS) is 12.0. The van der Waals surface area contributed by atoms with Crippen LogP contribution in [0.5, 0.6) is 0 Å². The van der Waals surface area contributed by atoms with E-state index in [1.165, 1.54) is 19.3 Å². The minimum absolute atomic E-state index is 0.0209. The SMILES string of the molecule is CCCCCCCOC(=O)CCCC(=O)OC(CC)CCC. The van der Waals surface area contributed by atoms with E-state index in [0.29, 0.717) is 25.9 Å². The van der Waals surface area contributed by atoms with Crippen LogP contribution in [0.15, 0.2) is 0 Å². The molecule has 1 unspecified atom stereocenters. The number of unbranched alkanes of at least 4 members (excludes halogenated alkanes) is 4. The van der Waals surface area contributed by atoms with Crippen molar-refractivity contribution < 1.29 is 19.1 Å². The maximum absolute atomic E-state index is 11.7. The summed E-state index contributed by atoms with van der Waals surface area (Å²) in [6.45, 7) is 6.78. The van der Waals surface area contributed by atoms with Crippen LogP contribution in [-0.2, 0) is 19.1 Å². The molecule has 0 aromatic carbocycles. The molecule has 0 amide bonds. The molecule has 0 radical (unpaired) electrons. The van der Waals surface area contributed by atoms with Gasteiger partial charge in [0.05, 0.1) is 6.61 Å². The Kier molecular flexibility index (Phi) is 14.1. The van der Waals surface area contributed by atoms with Crippen molar-refractivity contribution in [2.75, 3.05) is 6.61 Å². The van der Waals surface area contributed by atoms with E-state index in [4.69, 9.17) is 9.47 Å². The van der Waals surface area contributed by atoms with Gasteiger partial charge in [-0.15, -0.1) is 0 Å². The molecule has 0 aromatic heterocycles. The third-order valence-electron chi connectivity index (χ3n) is 3.64. The summed E-state index contributed by atoms with van der Waals surface area (Å²) in [4.78, 5) is 23.2. The highest BCUT2D eigenvalue weighted by molar-refractivity contribution is 5.72. The lowest BCUT2D eigenvalue weighted by Gasteiger charge is -2.15. The van der Waals surface area contributed by atoms with Crippen molar-refractivity contribution in [2.45, 2.75) is 97.5 Å².